The van der Waals surface area contributed by atoms with Gasteiger partial charge >= 0.3 is 5.97 Å². The molecule has 3 nitrogen and oxygen atoms in total. The van der Waals surface area contributed by atoms with Crippen molar-refractivity contribution in [2.45, 2.75) is 20.3 Å². The molecule has 1 radical (unpaired) electrons. The molecular weight excluding hydrogens is 145 g/mol. The van der Waals surface area contributed by atoms with E-state index in [1.54, 1.807) is 13.8 Å². The SMILES string of the molecule is CC(C)C[13C](=O)[13C](=O)O.[Na]. The molecule has 0 aliphatic heterocycles. The summed E-state index contributed by atoms with van der Waals surface area (Å²) in [5, 5.41) is 8.08. The minimum Gasteiger partial charge on any atom is -0.476 e. The van der Waals surface area contributed by atoms with Gasteiger partial charge in [-0.2, -0.15) is 0 Å². The first-order valence-electron chi connectivity index (χ1n) is 2.80. The maximum Gasteiger partial charge on any atom is 0.372 e. The zero-order valence-corrected chi connectivity index (χ0v) is 8.55. The van der Waals surface area contributed by atoms with Gasteiger partial charge in [0.05, 0.1) is 0 Å². The van der Waals surface area contributed by atoms with Crippen molar-refractivity contribution < 1.29 is 14.7 Å². The number of rotatable bonds is 3. The van der Waals surface area contributed by atoms with Gasteiger partial charge < -0.3 is 5.11 Å². The second-order valence-corrected chi connectivity index (χ2v) is 2.33. The summed E-state index contributed by atoms with van der Waals surface area (Å²) >= 11 is 0. The quantitative estimate of drug-likeness (QED) is 0.362. The summed E-state index contributed by atoms with van der Waals surface area (Å²) in [5.74, 6) is -1.90. The smallest absolute Gasteiger partial charge is 0.372 e. The summed E-state index contributed by atoms with van der Waals surface area (Å²) in [7, 11) is 0. The third-order valence-electron chi connectivity index (χ3n) is 0.832. The van der Waals surface area contributed by atoms with Gasteiger partial charge in [-0.15, -0.1) is 0 Å². The predicted molar refractivity (Wildman–Crippen MR) is 37.9 cm³/mol. The number of carboxylic acids is 1. The number of carbonyl (C=O) groups excluding carboxylic acids is 1. The van der Waals surface area contributed by atoms with Crippen molar-refractivity contribution in [3.05, 3.63) is 0 Å². The largest absolute Gasteiger partial charge is 0.476 e. The average Bonchev–Trinajstić information content (AvgIpc) is 1.63. The van der Waals surface area contributed by atoms with E-state index in [1.165, 1.54) is 0 Å². The zero-order valence-electron chi connectivity index (χ0n) is 6.55. The summed E-state index contributed by atoms with van der Waals surface area (Å²) in [6, 6.07) is 0. The van der Waals surface area contributed by atoms with E-state index >= 15 is 0 Å². The second kappa shape index (κ2) is 5.89. The summed E-state index contributed by atoms with van der Waals surface area (Å²) in [6.45, 7) is 3.61. The van der Waals surface area contributed by atoms with Crippen LogP contribution in [0, 0.1) is 5.92 Å². The van der Waals surface area contributed by atoms with Gasteiger partial charge in [0.1, 0.15) is 0 Å². The van der Waals surface area contributed by atoms with Gasteiger partial charge in [0, 0.05) is 36.0 Å². The molecule has 0 rings (SSSR count). The van der Waals surface area contributed by atoms with E-state index in [-0.39, 0.29) is 41.9 Å². The van der Waals surface area contributed by atoms with Crippen molar-refractivity contribution in [2.24, 2.45) is 5.92 Å². The molecule has 0 aliphatic carbocycles. The normalized spacial score (nSPS) is 8.70. The van der Waals surface area contributed by atoms with Crippen molar-refractivity contribution >= 4 is 41.3 Å². The first kappa shape index (κ1) is 12.8. The summed E-state index contributed by atoms with van der Waals surface area (Å²) in [6.07, 6.45) is 0.134. The molecule has 1 N–H and O–H groups in total. The first-order chi connectivity index (χ1) is 4.04. The molecule has 10 heavy (non-hydrogen) atoms. The van der Waals surface area contributed by atoms with E-state index in [1.807, 2.05) is 0 Å². The molecule has 0 heterocycles. The Kier molecular flexibility index (Phi) is 7.53. The molecular formula is C6H10NaO3. The molecule has 0 fully saturated rings. The van der Waals surface area contributed by atoms with Gasteiger partial charge in [-0.05, 0) is 5.92 Å². The number of hydrogen-bond donors (Lipinski definition) is 1. The number of aliphatic carboxylic acids is 1. The molecule has 0 saturated heterocycles. The minimum atomic E-state index is -1.33. The molecule has 0 saturated carbocycles. The van der Waals surface area contributed by atoms with Crippen LogP contribution in [0.5, 0.6) is 0 Å². The number of Topliss-reactive ketones (excluding diaryl/α,β-unsaturated/α-hetero) is 1. The van der Waals surface area contributed by atoms with Crippen LogP contribution in [0.4, 0.5) is 0 Å². The van der Waals surface area contributed by atoms with Crippen LogP contribution in [0.3, 0.4) is 0 Å². The van der Waals surface area contributed by atoms with Gasteiger partial charge in [0.15, 0.2) is 0 Å². The fourth-order valence-electron chi connectivity index (χ4n) is 0.458. The number of carbonyl (C=O) groups is 2. The molecule has 4 heteroatoms. The van der Waals surface area contributed by atoms with Crippen LogP contribution in [0.25, 0.3) is 0 Å². The van der Waals surface area contributed by atoms with E-state index in [0.29, 0.717) is 0 Å². The van der Waals surface area contributed by atoms with Gasteiger partial charge in [-0.25, -0.2) is 4.79 Å². The van der Waals surface area contributed by atoms with Crippen molar-refractivity contribution in [1.29, 1.82) is 0 Å². The average molecular weight is 155 g/mol. The van der Waals surface area contributed by atoms with E-state index in [4.69, 9.17) is 5.11 Å². The van der Waals surface area contributed by atoms with E-state index in [2.05, 4.69) is 0 Å². The fraction of sp³-hybridized carbons (Fsp3) is 0.667. The van der Waals surface area contributed by atoms with Crippen molar-refractivity contribution in [2.75, 3.05) is 0 Å². The van der Waals surface area contributed by atoms with Crippen LogP contribution in [0.1, 0.15) is 20.3 Å². The summed E-state index contributed by atoms with van der Waals surface area (Å²) in [5.41, 5.74) is 0. The Morgan fingerprint density at radius 2 is 1.80 bits per heavy atom. The molecule has 0 aromatic rings. The van der Waals surface area contributed by atoms with Crippen LogP contribution < -0.4 is 0 Å². The van der Waals surface area contributed by atoms with Crippen LogP contribution >= 0.6 is 0 Å². The number of hydrogen-bond acceptors (Lipinski definition) is 2. The minimum absolute atomic E-state index is 0. The van der Waals surface area contributed by atoms with E-state index < -0.39 is 11.8 Å². The third-order valence-corrected chi connectivity index (χ3v) is 0.832. The number of ketones is 1. The Labute approximate surface area is 82.1 Å². The van der Waals surface area contributed by atoms with Crippen molar-refractivity contribution in [3.63, 3.8) is 0 Å². The molecule has 0 spiro atoms. The predicted octanol–water partition coefficient (Wildman–Crippen LogP) is 0.305. The standard InChI is InChI=1S/C6H10O3.Na/c1-4(2)3-5(7)6(8)9;/h4H,3H2,1-2H3,(H,8,9);/i5+1,6+1;. The van der Waals surface area contributed by atoms with Crippen LogP contribution in [-0.2, 0) is 9.59 Å². The molecule has 0 aliphatic rings. The van der Waals surface area contributed by atoms with E-state index in [0.717, 1.165) is 0 Å². The third kappa shape index (κ3) is 6.26. The summed E-state index contributed by atoms with van der Waals surface area (Å²) < 4.78 is 0. The number of carboxylic acid groups (broad SMARTS) is 1. The van der Waals surface area contributed by atoms with Crippen LogP contribution in [-0.4, -0.2) is 46.4 Å². The van der Waals surface area contributed by atoms with Crippen molar-refractivity contribution in [1.82, 2.24) is 0 Å². The maximum absolute atomic E-state index is 10.4. The van der Waals surface area contributed by atoms with E-state index in [9.17, 15) is 9.59 Å². The molecule has 0 unspecified atom stereocenters. The topological polar surface area (TPSA) is 54.4 Å². The molecule has 0 bridgehead atoms. The Morgan fingerprint density at radius 1 is 1.40 bits per heavy atom. The van der Waals surface area contributed by atoms with Crippen molar-refractivity contribution in [3.8, 4) is 0 Å². The van der Waals surface area contributed by atoms with Crippen LogP contribution in [0.15, 0.2) is 0 Å². The molecule has 0 aromatic heterocycles. The van der Waals surface area contributed by atoms with Gasteiger partial charge in [-0.3, -0.25) is 4.79 Å². The van der Waals surface area contributed by atoms with Gasteiger partial charge in [0.2, 0.25) is 5.78 Å². The Morgan fingerprint density at radius 3 is 1.90 bits per heavy atom. The first-order valence-corrected chi connectivity index (χ1v) is 2.80. The zero-order chi connectivity index (χ0) is 7.44. The van der Waals surface area contributed by atoms with Gasteiger partial charge in [-0.1, -0.05) is 13.8 Å². The van der Waals surface area contributed by atoms with Gasteiger partial charge in [0.25, 0.3) is 0 Å². The second-order valence-electron chi connectivity index (χ2n) is 2.33. The Balaban J connectivity index is 0. The van der Waals surface area contributed by atoms with Crippen LogP contribution in [0.2, 0.25) is 0 Å². The molecule has 0 aromatic carbocycles. The monoisotopic (exact) mass is 155 g/mol. The Hall–Kier alpha value is 0.140. The Bertz CT molecular complexity index is 131. The molecule has 0 amide bonds. The molecule has 0 atom stereocenters. The maximum atomic E-state index is 10.4. The fourth-order valence-corrected chi connectivity index (χ4v) is 0.458. The molecule has 53 valence electrons. The summed E-state index contributed by atoms with van der Waals surface area (Å²) in [4.78, 5) is 20.2.